The van der Waals surface area contributed by atoms with E-state index in [0.29, 0.717) is 6.07 Å². The van der Waals surface area contributed by atoms with Crippen LogP contribution in [0.4, 0.5) is 13.2 Å². The molecule has 0 radical (unpaired) electrons. The quantitative estimate of drug-likeness (QED) is 0.681. The molecule has 14 heavy (non-hydrogen) atoms. The van der Waals surface area contributed by atoms with Gasteiger partial charge < -0.3 is 10.1 Å². The van der Waals surface area contributed by atoms with Gasteiger partial charge in [0.15, 0.2) is 11.6 Å². The highest BCUT2D eigenvalue weighted by Gasteiger charge is 2.14. The Morgan fingerprint density at radius 2 is 1.86 bits per heavy atom. The summed E-state index contributed by atoms with van der Waals surface area (Å²) in [5.41, 5.74) is 0.108. The highest BCUT2D eigenvalue weighted by Crippen LogP contribution is 2.24. The number of fused-ring (bicyclic) bond motifs is 1. The fourth-order valence-electron chi connectivity index (χ4n) is 1.33. The van der Waals surface area contributed by atoms with Crippen molar-refractivity contribution in [1.29, 1.82) is 0 Å². The average molecular weight is 201 g/mol. The van der Waals surface area contributed by atoms with E-state index < -0.39 is 17.5 Å². The summed E-state index contributed by atoms with van der Waals surface area (Å²) in [6, 6.07) is 1.64. The molecule has 2 N–H and O–H groups in total. The number of H-pyrrole nitrogens is 1. The van der Waals surface area contributed by atoms with Gasteiger partial charge in [0.25, 0.3) is 0 Å². The van der Waals surface area contributed by atoms with Gasteiger partial charge >= 0.3 is 0 Å². The molecule has 74 valence electrons. The summed E-state index contributed by atoms with van der Waals surface area (Å²) >= 11 is 0. The third-order valence-electron chi connectivity index (χ3n) is 1.98. The zero-order chi connectivity index (χ0) is 10.3. The molecule has 0 amide bonds. The summed E-state index contributed by atoms with van der Waals surface area (Å²) in [5, 5.41) is 8.53. The minimum atomic E-state index is -1.24. The standard InChI is InChI=1S/C9H6F3NO/c10-6-2-7(11)9-5(8(6)12)1-4(3-14)13-9/h1-2,13-14H,3H2. The van der Waals surface area contributed by atoms with Gasteiger partial charge in [-0.05, 0) is 6.07 Å². The predicted octanol–water partition coefficient (Wildman–Crippen LogP) is 2.08. The average Bonchev–Trinajstić information content (AvgIpc) is 2.58. The van der Waals surface area contributed by atoms with Crippen molar-refractivity contribution in [3.63, 3.8) is 0 Å². The molecule has 0 aliphatic heterocycles. The largest absolute Gasteiger partial charge is 0.390 e. The van der Waals surface area contributed by atoms with E-state index in [1.165, 1.54) is 6.07 Å². The van der Waals surface area contributed by atoms with Crippen molar-refractivity contribution >= 4 is 10.9 Å². The van der Waals surface area contributed by atoms with Crippen LogP contribution in [0.5, 0.6) is 0 Å². The van der Waals surface area contributed by atoms with Gasteiger partial charge in [-0.2, -0.15) is 0 Å². The topological polar surface area (TPSA) is 36.0 Å². The van der Waals surface area contributed by atoms with Crippen LogP contribution >= 0.6 is 0 Å². The van der Waals surface area contributed by atoms with Crippen LogP contribution in [0.25, 0.3) is 10.9 Å². The summed E-state index contributed by atoms with van der Waals surface area (Å²) in [7, 11) is 0. The summed E-state index contributed by atoms with van der Waals surface area (Å²) in [4.78, 5) is 2.45. The van der Waals surface area contributed by atoms with Crippen molar-refractivity contribution in [1.82, 2.24) is 4.98 Å². The van der Waals surface area contributed by atoms with Crippen molar-refractivity contribution in [2.45, 2.75) is 6.61 Å². The zero-order valence-corrected chi connectivity index (χ0v) is 6.94. The lowest BCUT2D eigenvalue weighted by Crippen LogP contribution is -1.88. The Kier molecular flexibility index (Phi) is 1.96. The number of halogens is 3. The van der Waals surface area contributed by atoms with Crippen LogP contribution in [0.2, 0.25) is 0 Å². The van der Waals surface area contributed by atoms with Crippen LogP contribution in [0.1, 0.15) is 5.69 Å². The number of hydrogen-bond acceptors (Lipinski definition) is 1. The van der Waals surface area contributed by atoms with E-state index in [4.69, 9.17) is 5.11 Å². The molecule has 1 aromatic carbocycles. The number of nitrogens with one attached hydrogen (secondary N) is 1. The second-order valence-electron chi connectivity index (χ2n) is 2.90. The molecule has 2 aromatic rings. The Hall–Kier alpha value is -1.49. The number of hydrogen-bond donors (Lipinski definition) is 2. The molecule has 0 atom stereocenters. The van der Waals surface area contributed by atoms with Crippen LogP contribution in [-0.4, -0.2) is 10.1 Å². The van der Waals surface area contributed by atoms with E-state index in [0.717, 1.165) is 0 Å². The minimum absolute atomic E-state index is 0.132. The molecule has 0 bridgehead atoms. The molecule has 1 aromatic heterocycles. The van der Waals surface area contributed by atoms with Gasteiger partial charge in [-0.1, -0.05) is 0 Å². The zero-order valence-electron chi connectivity index (χ0n) is 6.94. The van der Waals surface area contributed by atoms with E-state index >= 15 is 0 Å². The SMILES string of the molecule is OCc1cc2c(F)c(F)cc(F)c2[nH]1. The molecular weight excluding hydrogens is 195 g/mol. The van der Waals surface area contributed by atoms with Crippen molar-refractivity contribution in [2.75, 3.05) is 0 Å². The van der Waals surface area contributed by atoms with Gasteiger partial charge in [0.1, 0.15) is 5.82 Å². The lowest BCUT2D eigenvalue weighted by Gasteiger charge is -1.95. The van der Waals surface area contributed by atoms with Crippen molar-refractivity contribution in [2.24, 2.45) is 0 Å². The highest BCUT2D eigenvalue weighted by molar-refractivity contribution is 5.81. The van der Waals surface area contributed by atoms with Crippen molar-refractivity contribution in [3.8, 4) is 0 Å². The second-order valence-corrected chi connectivity index (χ2v) is 2.90. The van der Waals surface area contributed by atoms with E-state index in [-0.39, 0.29) is 23.2 Å². The van der Waals surface area contributed by atoms with E-state index in [1.807, 2.05) is 0 Å². The van der Waals surface area contributed by atoms with Crippen molar-refractivity contribution < 1.29 is 18.3 Å². The highest BCUT2D eigenvalue weighted by atomic mass is 19.2. The van der Waals surface area contributed by atoms with Crippen LogP contribution in [0.3, 0.4) is 0 Å². The van der Waals surface area contributed by atoms with E-state index in [9.17, 15) is 13.2 Å². The first-order valence-electron chi connectivity index (χ1n) is 3.89. The lowest BCUT2D eigenvalue weighted by atomic mass is 10.2. The van der Waals surface area contributed by atoms with Gasteiger partial charge in [0.05, 0.1) is 12.1 Å². The molecule has 0 fully saturated rings. The predicted molar refractivity (Wildman–Crippen MR) is 44.1 cm³/mol. The number of rotatable bonds is 1. The maximum atomic E-state index is 13.1. The summed E-state index contributed by atoms with van der Waals surface area (Å²) in [5.74, 6) is -3.23. The second kappa shape index (κ2) is 3.02. The van der Waals surface area contributed by atoms with Crippen LogP contribution in [-0.2, 0) is 6.61 Å². The Labute approximate surface area is 77.0 Å². The van der Waals surface area contributed by atoms with Crippen LogP contribution in [0, 0.1) is 17.5 Å². The molecule has 0 unspecified atom stereocenters. The number of aromatic amines is 1. The van der Waals surface area contributed by atoms with Gasteiger partial charge in [-0.15, -0.1) is 0 Å². The molecule has 2 rings (SSSR count). The molecule has 1 heterocycles. The Morgan fingerprint density at radius 1 is 1.14 bits per heavy atom. The van der Waals surface area contributed by atoms with E-state index in [2.05, 4.69) is 4.98 Å². The van der Waals surface area contributed by atoms with Gasteiger partial charge in [-0.3, -0.25) is 0 Å². The Morgan fingerprint density at radius 3 is 2.50 bits per heavy atom. The Bertz CT molecular complexity index is 492. The fourth-order valence-corrected chi connectivity index (χ4v) is 1.33. The van der Waals surface area contributed by atoms with Crippen molar-refractivity contribution in [3.05, 3.63) is 35.3 Å². The normalized spacial score (nSPS) is 11.1. The number of benzene rings is 1. The maximum absolute atomic E-state index is 13.1. The smallest absolute Gasteiger partial charge is 0.168 e. The fraction of sp³-hybridized carbons (Fsp3) is 0.111. The van der Waals surface area contributed by atoms with Crippen LogP contribution in [0.15, 0.2) is 12.1 Å². The number of aromatic nitrogens is 1. The monoisotopic (exact) mass is 201 g/mol. The Balaban J connectivity index is 2.84. The molecule has 0 aliphatic carbocycles. The first-order valence-corrected chi connectivity index (χ1v) is 3.89. The third-order valence-corrected chi connectivity index (χ3v) is 1.98. The molecular formula is C9H6F3NO. The molecule has 0 saturated carbocycles. The summed E-state index contributed by atoms with van der Waals surface area (Å²) in [6.07, 6.45) is 0. The minimum Gasteiger partial charge on any atom is -0.390 e. The molecule has 0 saturated heterocycles. The first kappa shape index (κ1) is 9.08. The molecule has 5 heteroatoms. The first-order chi connectivity index (χ1) is 6.63. The van der Waals surface area contributed by atoms with Crippen LogP contribution < -0.4 is 0 Å². The van der Waals surface area contributed by atoms with Gasteiger partial charge in [0, 0.05) is 17.1 Å². The molecule has 0 aliphatic rings. The summed E-state index contributed by atoms with van der Waals surface area (Å²) < 4.78 is 38.9. The summed E-state index contributed by atoms with van der Waals surface area (Å²) in [6.45, 7) is -0.380. The maximum Gasteiger partial charge on any atom is 0.168 e. The number of aliphatic hydroxyl groups is 1. The van der Waals surface area contributed by atoms with Gasteiger partial charge in [0.2, 0.25) is 0 Å². The van der Waals surface area contributed by atoms with E-state index in [1.54, 1.807) is 0 Å². The number of aliphatic hydroxyl groups excluding tert-OH is 1. The molecule has 2 nitrogen and oxygen atoms in total. The lowest BCUT2D eigenvalue weighted by molar-refractivity contribution is 0.278. The van der Waals surface area contributed by atoms with Gasteiger partial charge in [-0.25, -0.2) is 13.2 Å². The molecule has 0 spiro atoms. The third kappa shape index (κ3) is 1.17.